The molecule has 0 aliphatic heterocycles. The van der Waals surface area contributed by atoms with Crippen LogP contribution in [-0.2, 0) is 0 Å². The van der Waals surface area contributed by atoms with Crippen LogP contribution >= 0.6 is 0 Å². The Morgan fingerprint density at radius 2 is 1.72 bits per heavy atom. The second-order valence-electron chi connectivity index (χ2n) is 7.43. The molecule has 2 rings (SSSR count). The molecule has 2 saturated carbocycles. The third-order valence-corrected chi connectivity index (χ3v) is 6.17. The predicted molar refractivity (Wildman–Crippen MR) is 78.5 cm³/mol. The first-order chi connectivity index (χ1) is 8.43. The number of nitrogens with two attached hydrogens (primary N) is 1. The van der Waals surface area contributed by atoms with Crippen molar-refractivity contribution in [1.82, 2.24) is 4.90 Å². The molecule has 0 radical (unpaired) electrons. The average molecular weight is 252 g/mol. The molecule has 106 valence electrons. The van der Waals surface area contributed by atoms with E-state index in [9.17, 15) is 0 Å². The Labute approximate surface area is 113 Å². The lowest BCUT2D eigenvalue weighted by atomic mass is 9.61. The van der Waals surface area contributed by atoms with E-state index >= 15 is 0 Å². The molecule has 0 heterocycles. The fourth-order valence-electron chi connectivity index (χ4n) is 4.11. The minimum atomic E-state index is 0.393. The number of hydrogen-bond acceptors (Lipinski definition) is 2. The summed E-state index contributed by atoms with van der Waals surface area (Å²) in [5.41, 5.74) is 6.65. The van der Waals surface area contributed by atoms with Crippen LogP contribution in [0.1, 0.15) is 59.3 Å². The van der Waals surface area contributed by atoms with Gasteiger partial charge < -0.3 is 10.6 Å². The van der Waals surface area contributed by atoms with Crippen molar-refractivity contribution >= 4 is 0 Å². The summed E-state index contributed by atoms with van der Waals surface area (Å²) in [5, 5.41) is 0. The van der Waals surface area contributed by atoms with Gasteiger partial charge in [-0.2, -0.15) is 0 Å². The molecule has 18 heavy (non-hydrogen) atoms. The zero-order valence-electron chi connectivity index (χ0n) is 12.8. The van der Waals surface area contributed by atoms with E-state index in [1.54, 1.807) is 0 Å². The maximum absolute atomic E-state index is 6.26. The molecule has 3 atom stereocenters. The van der Waals surface area contributed by atoms with Crippen molar-refractivity contribution in [3.8, 4) is 0 Å². The SMILES string of the molecule is CC1C(N)CCC(CN(C)C2CCCC2)C1(C)C. The summed E-state index contributed by atoms with van der Waals surface area (Å²) in [7, 11) is 2.34. The number of hydrogen-bond donors (Lipinski definition) is 1. The molecule has 0 amide bonds. The van der Waals surface area contributed by atoms with Crippen LogP contribution in [0.2, 0.25) is 0 Å². The molecule has 0 saturated heterocycles. The highest BCUT2D eigenvalue weighted by molar-refractivity contribution is 4.94. The van der Waals surface area contributed by atoms with Gasteiger partial charge in [-0.1, -0.05) is 33.6 Å². The lowest BCUT2D eigenvalue weighted by Crippen LogP contribution is -2.50. The van der Waals surface area contributed by atoms with Gasteiger partial charge in [0.15, 0.2) is 0 Å². The quantitative estimate of drug-likeness (QED) is 0.835. The van der Waals surface area contributed by atoms with Gasteiger partial charge in [-0.15, -0.1) is 0 Å². The van der Waals surface area contributed by atoms with Crippen LogP contribution in [0.25, 0.3) is 0 Å². The Bertz CT molecular complexity index is 268. The van der Waals surface area contributed by atoms with Crippen LogP contribution in [0.5, 0.6) is 0 Å². The molecule has 0 aromatic carbocycles. The Morgan fingerprint density at radius 3 is 2.33 bits per heavy atom. The lowest BCUT2D eigenvalue weighted by Gasteiger charge is -2.48. The van der Waals surface area contributed by atoms with Crippen LogP contribution in [0.3, 0.4) is 0 Å². The van der Waals surface area contributed by atoms with E-state index in [1.807, 2.05) is 0 Å². The van der Waals surface area contributed by atoms with Gasteiger partial charge in [0.05, 0.1) is 0 Å². The molecule has 0 aromatic rings. The first kappa shape index (κ1) is 14.3. The molecular formula is C16H32N2. The van der Waals surface area contributed by atoms with Crippen molar-refractivity contribution in [2.24, 2.45) is 23.0 Å². The van der Waals surface area contributed by atoms with Crippen LogP contribution in [0, 0.1) is 17.3 Å². The van der Waals surface area contributed by atoms with E-state index < -0.39 is 0 Å². The molecule has 2 nitrogen and oxygen atoms in total. The standard InChI is InChI=1S/C16H32N2/c1-12-15(17)10-9-13(16(12,2)3)11-18(4)14-7-5-6-8-14/h12-15H,5-11,17H2,1-4H3. The van der Waals surface area contributed by atoms with Crippen LogP contribution in [0.4, 0.5) is 0 Å². The van der Waals surface area contributed by atoms with Crippen molar-refractivity contribution in [1.29, 1.82) is 0 Å². The smallest absolute Gasteiger partial charge is 0.00923 e. The zero-order chi connectivity index (χ0) is 13.3. The van der Waals surface area contributed by atoms with E-state index in [0.29, 0.717) is 17.4 Å². The summed E-state index contributed by atoms with van der Waals surface area (Å²) in [6.07, 6.45) is 8.23. The highest BCUT2D eigenvalue weighted by Gasteiger charge is 2.42. The fourth-order valence-corrected chi connectivity index (χ4v) is 4.11. The maximum atomic E-state index is 6.26. The summed E-state index contributed by atoms with van der Waals surface area (Å²) < 4.78 is 0. The second-order valence-corrected chi connectivity index (χ2v) is 7.43. The van der Waals surface area contributed by atoms with E-state index in [4.69, 9.17) is 5.73 Å². The van der Waals surface area contributed by atoms with E-state index in [0.717, 1.165) is 12.0 Å². The highest BCUT2D eigenvalue weighted by Crippen LogP contribution is 2.44. The van der Waals surface area contributed by atoms with Crippen molar-refractivity contribution < 1.29 is 0 Å². The third-order valence-electron chi connectivity index (χ3n) is 6.17. The topological polar surface area (TPSA) is 29.3 Å². The van der Waals surface area contributed by atoms with E-state index in [1.165, 1.54) is 45.1 Å². The zero-order valence-corrected chi connectivity index (χ0v) is 12.8. The monoisotopic (exact) mass is 252 g/mol. The maximum Gasteiger partial charge on any atom is 0.00923 e. The summed E-state index contributed by atoms with van der Waals surface area (Å²) in [6.45, 7) is 8.49. The molecular weight excluding hydrogens is 220 g/mol. The van der Waals surface area contributed by atoms with Crippen molar-refractivity contribution in [3.05, 3.63) is 0 Å². The first-order valence-corrected chi connectivity index (χ1v) is 7.88. The van der Waals surface area contributed by atoms with Gasteiger partial charge in [-0.3, -0.25) is 0 Å². The molecule has 2 aliphatic rings. The molecule has 3 unspecified atom stereocenters. The van der Waals surface area contributed by atoms with Crippen molar-refractivity contribution in [3.63, 3.8) is 0 Å². The molecule has 0 spiro atoms. The molecule has 2 heteroatoms. The van der Waals surface area contributed by atoms with Crippen LogP contribution < -0.4 is 5.73 Å². The van der Waals surface area contributed by atoms with E-state index in [2.05, 4.69) is 32.7 Å². The Balaban J connectivity index is 1.95. The third kappa shape index (κ3) is 2.75. The number of nitrogens with zero attached hydrogens (tertiary/aromatic N) is 1. The largest absolute Gasteiger partial charge is 0.327 e. The Kier molecular flexibility index (Phi) is 4.38. The summed E-state index contributed by atoms with van der Waals surface area (Å²) in [4.78, 5) is 2.64. The molecule has 2 fully saturated rings. The van der Waals surface area contributed by atoms with Crippen LogP contribution in [0.15, 0.2) is 0 Å². The summed E-state index contributed by atoms with van der Waals surface area (Å²) >= 11 is 0. The normalized spacial score (nSPS) is 37.3. The van der Waals surface area contributed by atoms with Crippen molar-refractivity contribution in [2.75, 3.05) is 13.6 Å². The molecule has 0 aromatic heterocycles. The molecule has 2 N–H and O–H groups in total. The lowest BCUT2D eigenvalue weighted by molar-refractivity contribution is 0.0260. The predicted octanol–water partition coefficient (Wildman–Crippen LogP) is 3.26. The molecule has 0 bridgehead atoms. The van der Waals surface area contributed by atoms with Gasteiger partial charge in [-0.05, 0) is 50.0 Å². The minimum Gasteiger partial charge on any atom is -0.327 e. The highest BCUT2D eigenvalue weighted by atomic mass is 15.1. The van der Waals surface area contributed by atoms with Gasteiger partial charge in [0, 0.05) is 18.6 Å². The van der Waals surface area contributed by atoms with Gasteiger partial charge in [-0.25, -0.2) is 0 Å². The summed E-state index contributed by atoms with van der Waals surface area (Å²) in [6, 6.07) is 1.26. The van der Waals surface area contributed by atoms with Gasteiger partial charge in [0.25, 0.3) is 0 Å². The van der Waals surface area contributed by atoms with Gasteiger partial charge in [0.1, 0.15) is 0 Å². The Morgan fingerprint density at radius 1 is 1.11 bits per heavy atom. The molecule has 2 aliphatic carbocycles. The van der Waals surface area contributed by atoms with Crippen molar-refractivity contribution in [2.45, 2.75) is 71.4 Å². The first-order valence-electron chi connectivity index (χ1n) is 7.88. The fraction of sp³-hybridized carbons (Fsp3) is 1.00. The number of rotatable bonds is 3. The second kappa shape index (κ2) is 5.50. The van der Waals surface area contributed by atoms with E-state index in [-0.39, 0.29) is 0 Å². The van der Waals surface area contributed by atoms with Gasteiger partial charge in [0.2, 0.25) is 0 Å². The van der Waals surface area contributed by atoms with Gasteiger partial charge >= 0.3 is 0 Å². The Hall–Kier alpha value is -0.0800. The minimum absolute atomic E-state index is 0.393. The van der Waals surface area contributed by atoms with Crippen LogP contribution in [-0.4, -0.2) is 30.6 Å². The average Bonchev–Trinajstić information content (AvgIpc) is 2.84. The summed E-state index contributed by atoms with van der Waals surface area (Å²) in [5.74, 6) is 1.46.